The molecule has 3 atom stereocenters. The van der Waals surface area contributed by atoms with Crippen LogP contribution in [0.3, 0.4) is 0 Å². The molecule has 0 radical (unpaired) electrons. The van der Waals surface area contributed by atoms with Crippen molar-refractivity contribution in [1.82, 2.24) is 0 Å². The van der Waals surface area contributed by atoms with E-state index in [0.29, 0.717) is 5.38 Å². The fourth-order valence-corrected chi connectivity index (χ4v) is 2.47. The molecule has 0 aromatic heterocycles. The third-order valence-corrected chi connectivity index (χ3v) is 3.83. The molecule has 0 bridgehead atoms. The molecule has 1 aliphatic carbocycles. The van der Waals surface area contributed by atoms with Crippen molar-refractivity contribution in [3.63, 3.8) is 0 Å². The highest BCUT2D eigenvalue weighted by molar-refractivity contribution is 6.20. The summed E-state index contributed by atoms with van der Waals surface area (Å²) in [6, 6.07) is 0. The first-order valence-electron chi connectivity index (χ1n) is 5.38. The minimum Gasteiger partial charge on any atom is -0.123 e. The third kappa shape index (κ3) is 2.97. The highest BCUT2D eigenvalue weighted by Crippen LogP contribution is 2.32. The molecule has 1 rings (SSSR count). The summed E-state index contributed by atoms with van der Waals surface area (Å²) in [5.41, 5.74) is 0. The van der Waals surface area contributed by atoms with E-state index in [1.54, 1.807) is 0 Å². The molecule has 0 N–H and O–H groups in total. The van der Waals surface area contributed by atoms with Crippen LogP contribution in [-0.4, -0.2) is 5.38 Å². The standard InChI is InChI=1S/C11H21Cl/c1-3-9(2)10-5-4-6-11(12)8-7-10/h9-11H,3-8H2,1-2H3. The van der Waals surface area contributed by atoms with E-state index in [1.165, 1.54) is 38.5 Å². The molecule has 0 aliphatic heterocycles. The van der Waals surface area contributed by atoms with Crippen molar-refractivity contribution in [2.24, 2.45) is 11.8 Å². The van der Waals surface area contributed by atoms with Crippen LogP contribution in [0.2, 0.25) is 0 Å². The molecule has 72 valence electrons. The second kappa shape index (κ2) is 5.11. The van der Waals surface area contributed by atoms with E-state index < -0.39 is 0 Å². The normalized spacial score (nSPS) is 34.2. The Bertz CT molecular complexity index is 122. The first kappa shape index (κ1) is 10.4. The third-order valence-electron chi connectivity index (χ3n) is 3.39. The van der Waals surface area contributed by atoms with Crippen LogP contribution in [0.4, 0.5) is 0 Å². The van der Waals surface area contributed by atoms with E-state index in [9.17, 15) is 0 Å². The van der Waals surface area contributed by atoms with Crippen molar-refractivity contribution in [2.75, 3.05) is 0 Å². The predicted octanol–water partition coefficient (Wildman–Crippen LogP) is 4.22. The molecule has 0 spiro atoms. The molecule has 12 heavy (non-hydrogen) atoms. The summed E-state index contributed by atoms with van der Waals surface area (Å²) in [7, 11) is 0. The number of hydrogen-bond acceptors (Lipinski definition) is 0. The number of alkyl halides is 1. The largest absolute Gasteiger partial charge is 0.123 e. The maximum atomic E-state index is 6.13. The first-order chi connectivity index (χ1) is 5.74. The van der Waals surface area contributed by atoms with E-state index in [0.717, 1.165) is 11.8 Å². The summed E-state index contributed by atoms with van der Waals surface area (Å²) in [4.78, 5) is 0. The van der Waals surface area contributed by atoms with Gasteiger partial charge in [-0.3, -0.25) is 0 Å². The van der Waals surface area contributed by atoms with E-state index in [-0.39, 0.29) is 0 Å². The Balaban J connectivity index is 2.35. The lowest BCUT2D eigenvalue weighted by molar-refractivity contribution is 0.312. The molecule has 1 heteroatoms. The molecule has 3 unspecified atom stereocenters. The van der Waals surface area contributed by atoms with Crippen LogP contribution < -0.4 is 0 Å². The van der Waals surface area contributed by atoms with Gasteiger partial charge in [-0.05, 0) is 31.1 Å². The molecular formula is C11H21Cl. The van der Waals surface area contributed by atoms with Gasteiger partial charge < -0.3 is 0 Å². The van der Waals surface area contributed by atoms with E-state index >= 15 is 0 Å². The van der Waals surface area contributed by atoms with Crippen LogP contribution in [0, 0.1) is 11.8 Å². The zero-order valence-electron chi connectivity index (χ0n) is 8.35. The fourth-order valence-electron chi connectivity index (χ4n) is 2.19. The van der Waals surface area contributed by atoms with Crippen LogP contribution >= 0.6 is 11.6 Å². The second-order valence-electron chi connectivity index (χ2n) is 4.25. The van der Waals surface area contributed by atoms with Crippen molar-refractivity contribution in [1.29, 1.82) is 0 Å². The van der Waals surface area contributed by atoms with Crippen LogP contribution in [0.5, 0.6) is 0 Å². The maximum absolute atomic E-state index is 6.13. The van der Waals surface area contributed by atoms with Gasteiger partial charge in [-0.2, -0.15) is 0 Å². The SMILES string of the molecule is CCC(C)C1CCCC(Cl)CC1. The number of halogens is 1. The van der Waals surface area contributed by atoms with Crippen molar-refractivity contribution >= 4 is 11.6 Å². The lowest BCUT2D eigenvalue weighted by atomic mass is 9.86. The van der Waals surface area contributed by atoms with Crippen LogP contribution in [0.1, 0.15) is 52.4 Å². The van der Waals surface area contributed by atoms with Gasteiger partial charge in [0.1, 0.15) is 0 Å². The highest BCUT2D eigenvalue weighted by Gasteiger charge is 2.20. The van der Waals surface area contributed by atoms with Gasteiger partial charge in [-0.15, -0.1) is 11.6 Å². The quantitative estimate of drug-likeness (QED) is 0.450. The zero-order chi connectivity index (χ0) is 8.97. The molecule has 0 nitrogen and oxygen atoms in total. The monoisotopic (exact) mass is 188 g/mol. The molecule has 0 amide bonds. The Morgan fingerprint density at radius 1 is 1.25 bits per heavy atom. The van der Waals surface area contributed by atoms with Crippen molar-refractivity contribution < 1.29 is 0 Å². The van der Waals surface area contributed by atoms with Gasteiger partial charge in [-0.1, -0.05) is 33.1 Å². The van der Waals surface area contributed by atoms with Gasteiger partial charge in [0.15, 0.2) is 0 Å². The molecule has 0 heterocycles. The molecule has 1 saturated carbocycles. The summed E-state index contributed by atoms with van der Waals surface area (Å²) >= 11 is 6.13. The lowest BCUT2D eigenvalue weighted by Crippen LogP contribution is -2.09. The van der Waals surface area contributed by atoms with Gasteiger partial charge in [-0.25, -0.2) is 0 Å². The fraction of sp³-hybridized carbons (Fsp3) is 1.00. The first-order valence-corrected chi connectivity index (χ1v) is 5.81. The van der Waals surface area contributed by atoms with Crippen LogP contribution in [0.15, 0.2) is 0 Å². The van der Waals surface area contributed by atoms with Crippen LogP contribution in [0.25, 0.3) is 0 Å². The molecular weight excluding hydrogens is 168 g/mol. The maximum Gasteiger partial charge on any atom is 0.0336 e. The smallest absolute Gasteiger partial charge is 0.0336 e. The van der Waals surface area contributed by atoms with Crippen molar-refractivity contribution in [3.05, 3.63) is 0 Å². The van der Waals surface area contributed by atoms with Gasteiger partial charge in [0.25, 0.3) is 0 Å². The molecule has 0 saturated heterocycles. The average Bonchev–Trinajstić information content (AvgIpc) is 2.29. The van der Waals surface area contributed by atoms with Gasteiger partial charge in [0.2, 0.25) is 0 Å². The summed E-state index contributed by atoms with van der Waals surface area (Å²) in [6.07, 6.45) is 7.95. The summed E-state index contributed by atoms with van der Waals surface area (Å²) in [6.45, 7) is 4.69. The molecule has 1 aliphatic rings. The highest BCUT2D eigenvalue weighted by atomic mass is 35.5. The Labute approximate surface area is 81.7 Å². The van der Waals surface area contributed by atoms with Crippen molar-refractivity contribution in [2.45, 2.75) is 57.7 Å². The van der Waals surface area contributed by atoms with Gasteiger partial charge >= 0.3 is 0 Å². The Kier molecular flexibility index (Phi) is 4.42. The Morgan fingerprint density at radius 2 is 2.00 bits per heavy atom. The number of rotatable bonds is 2. The summed E-state index contributed by atoms with van der Waals surface area (Å²) in [5, 5.41) is 0.471. The summed E-state index contributed by atoms with van der Waals surface area (Å²) in [5.74, 6) is 1.87. The number of hydrogen-bond donors (Lipinski definition) is 0. The van der Waals surface area contributed by atoms with E-state index in [4.69, 9.17) is 11.6 Å². The Morgan fingerprint density at radius 3 is 2.67 bits per heavy atom. The minimum atomic E-state index is 0.471. The van der Waals surface area contributed by atoms with Crippen molar-refractivity contribution in [3.8, 4) is 0 Å². The second-order valence-corrected chi connectivity index (χ2v) is 4.87. The zero-order valence-corrected chi connectivity index (χ0v) is 9.11. The molecule has 0 aromatic carbocycles. The van der Waals surface area contributed by atoms with E-state index in [1.807, 2.05) is 0 Å². The minimum absolute atomic E-state index is 0.471. The van der Waals surface area contributed by atoms with Crippen LogP contribution in [-0.2, 0) is 0 Å². The van der Waals surface area contributed by atoms with Gasteiger partial charge in [0.05, 0.1) is 0 Å². The molecule has 1 fully saturated rings. The van der Waals surface area contributed by atoms with E-state index in [2.05, 4.69) is 13.8 Å². The van der Waals surface area contributed by atoms with Gasteiger partial charge in [0, 0.05) is 5.38 Å². The average molecular weight is 189 g/mol. The molecule has 0 aromatic rings. The topological polar surface area (TPSA) is 0 Å². The summed E-state index contributed by atoms with van der Waals surface area (Å²) < 4.78 is 0. The predicted molar refractivity (Wildman–Crippen MR) is 55.7 cm³/mol. The lowest BCUT2D eigenvalue weighted by Gasteiger charge is -2.20. The Hall–Kier alpha value is 0.290.